The minimum absolute atomic E-state index is 0.0478. The van der Waals surface area contributed by atoms with Crippen LogP contribution in [0.5, 0.6) is 0 Å². The van der Waals surface area contributed by atoms with E-state index in [0.717, 1.165) is 22.9 Å². The minimum Gasteiger partial charge on any atom is -0.351 e. The maximum atomic E-state index is 14.0. The third-order valence-electron chi connectivity index (χ3n) is 9.60. The van der Waals surface area contributed by atoms with Crippen molar-refractivity contribution in [3.05, 3.63) is 71.9 Å². The number of nitrogens with zero attached hydrogens (tertiary/aromatic N) is 1. The molecule has 1 aliphatic heterocycles. The summed E-state index contributed by atoms with van der Waals surface area (Å²) in [6.07, 6.45) is 1.86. The van der Waals surface area contributed by atoms with Gasteiger partial charge in [0.1, 0.15) is 17.5 Å². The van der Waals surface area contributed by atoms with Crippen LogP contribution in [0.4, 0.5) is 0 Å². The number of amides is 3. The van der Waals surface area contributed by atoms with Crippen LogP contribution in [0.15, 0.2) is 60.7 Å². The maximum Gasteiger partial charge on any atom is 0.289 e. The highest BCUT2D eigenvalue weighted by atomic mass is 16.2. The molecular weight excluding hydrogens is 532 g/mol. The predicted octanol–water partition coefficient (Wildman–Crippen LogP) is 3.39. The number of fused-ring (bicyclic) bond motifs is 2. The number of carbonyl (C=O) groups excluding carboxylic acids is 5. The number of aromatic nitrogens is 1. The van der Waals surface area contributed by atoms with Gasteiger partial charge in [0.25, 0.3) is 11.8 Å². The van der Waals surface area contributed by atoms with Crippen molar-refractivity contribution in [1.29, 1.82) is 0 Å². The molecule has 2 saturated carbocycles. The Morgan fingerprint density at radius 3 is 2.50 bits per heavy atom. The number of ketones is 2. The molecule has 42 heavy (non-hydrogen) atoms. The summed E-state index contributed by atoms with van der Waals surface area (Å²) < 4.78 is 0. The number of hydrogen-bond donors (Lipinski definition) is 3. The van der Waals surface area contributed by atoms with E-state index in [9.17, 15) is 24.0 Å². The van der Waals surface area contributed by atoms with Gasteiger partial charge in [-0.1, -0.05) is 62.4 Å². The molecule has 5 atom stereocenters. The Hall–Kier alpha value is -4.27. The summed E-state index contributed by atoms with van der Waals surface area (Å²) in [5.74, 6) is -2.58. The number of nitrogens with one attached hydrogen (secondary N) is 3. The second kappa shape index (κ2) is 10.9. The zero-order valence-corrected chi connectivity index (χ0v) is 23.9. The van der Waals surface area contributed by atoms with Crippen molar-refractivity contribution in [2.75, 3.05) is 6.54 Å². The zero-order chi connectivity index (χ0) is 29.6. The fourth-order valence-corrected chi connectivity index (χ4v) is 7.07. The van der Waals surface area contributed by atoms with E-state index in [1.165, 1.54) is 0 Å². The van der Waals surface area contributed by atoms with Crippen molar-refractivity contribution in [2.45, 2.75) is 58.2 Å². The molecule has 2 aromatic carbocycles. The predicted molar refractivity (Wildman–Crippen MR) is 156 cm³/mol. The monoisotopic (exact) mass is 568 g/mol. The zero-order valence-electron chi connectivity index (χ0n) is 23.9. The normalized spacial score (nSPS) is 24.7. The lowest BCUT2D eigenvalue weighted by atomic mass is 9.93. The Kier molecular flexibility index (Phi) is 7.20. The molecule has 0 bridgehead atoms. The molecule has 1 saturated heterocycles. The summed E-state index contributed by atoms with van der Waals surface area (Å²) in [6, 6.07) is 16.7. The molecule has 9 heteroatoms. The lowest BCUT2D eigenvalue weighted by Crippen LogP contribution is -2.55. The first-order valence-electron chi connectivity index (χ1n) is 14.7. The van der Waals surface area contributed by atoms with Gasteiger partial charge in [-0.05, 0) is 54.2 Å². The first-order valence-corrected chi connectivity index (χ1v) is 14.7. The Labute approximate surface area is 244 Å². The number of piperidine rings is 1. The average molecular weight is 569 g/mol. The average Bonchev–Trinajstić information content (AvgIpc) is 3.50. The largest absolute Gasteiger partial charge is 0.351 e. The molecule has 1 aromatic heterocycles. The fourth-order valence-electron chi connectivity index (χ4n) is 7.07. The molecule has 3 aromatic rings. The SMILES string of the molecule is CC1(C)[C@@H]2[C@@H](C(=O)NC(C[C@@H]3CCCC3=O)C(=O)C(=O)NCc3ccccc3)N(C(=O)c3cc4ccccc4[nH]3)C[C@@H]21. The molecule has 218 valence electrons. The van der Waals surface area contributed by atoms with E-state index in [-0.39, 0.29) is 47.8 Å². The Balaban J connectivity index is 1.22. The van der Waals surface area contributed by atoms with Crippen LogP contribution in [0, 0.1) is 23.2 Å². The van der Waals surface area contributed by atoms with Crippen molar-refractivity contribution in [1.82, 2.24) is 20.5 Å². The summed E-state index contributed by atoms with van der Waals surface area (Å²) in [4.78, 5) is 71.4. The molecule has 3 fully saturated rings. The molecule has 3 amide bonds. The van der Waals surface area contributed by atoms with E-state index in [2.05, 4.69) is 29.5 Å². The summed E-state index contributed by atoms with van der Waals surface area (Å²) in [7, 11) is 0. The molecule has 1 unspecified atom stereocenters. The minimum atomic E-state index is -1.16. The van der Waals surface area contributed by atoms with E-state index in [0.29, 0.717) is 25.1 Å². The van der Waals surface area contributed by atoms with Gasteiger partial charge in [0.05, 0.1) is 6.04 Å². The van der Waals surface area contributed by atoms with Gasteiger partial charge in [-0.25, -0.2) is 0 Å². The number of aromatic amines is 1. The summed E-state index contributed by atoms with van der Waals surface area (Å²) in [6.45, 7) is 4.78. The van der Waals surface area contributed by atoms with Gasteiger partial charge in [-0.3, -0.25) is 24.0 Å². The topological polar surface area (TPSA) is 128 Å². The Morgan fingerprint density at radius 1 is 1.05 bits per heavy atom. The highest BCUT2D eigenvalue weighted by Gasteiger charge is 2.69. The Bertz CT molecular complexity index is 1530. The first kappa shape index (κ1) is 27.9. The quantitative estimate of drug-likeness (QED) is 0.341. The molecule has 9 nitrogen and oxygen atoms in total. The number of para-hydroxylation sites is 1. The third-order valence-corrected chi connectivity index (χ3v) is 9.60. The molecule has 0 radical (unpaired) electrons. The summed E-state index contributed by atoms with van der Waals surface area (Å²) >= 11 is 0. The van der Waals surface area contributed by atoms with Crippen molar-refractivity contribution in [2.24, 2.45) is 23.2 Å². The number of H-pyrrole nitrogens is 1. The molecule has 2 aliphatic carbocycles. The molecule has 0 spiro atoms. The number of hydrogen-bond acceptors (Lipinski definition) is 5. The number of carbonyl (C=O) groups is 5. The van der Waals surface area contributed by atoms with Gasteiger partial charge >= 0.3 is 0 Å². The number of likely N-dealkylation sites (tertiary alicyclic amines) is 1. The van der Waals surface area contributed by atoms with E-state index >= 15 is 0 Å². The highest BCUT2D eigenvalue weighted by Crippen LogP contribution is 2.65. The van der Waals surface area contributed by atoms with Crippen LogP contribution in [0.1, 0.15) is 55.6 Å². The molecule has 3 aliphatic rings. The lowest BCUT2D eigenvalue weighted by Gasteiger charge is -2.31. The summed E-state index contributed by atoms with van der Waals surface area (Å²) in [5, 5.41) is 6.40. The molecule has 3 N–H and O–H groups in total. The molecule has 6 rings (SSSR count). The van der Waals surface area contributed by atoms with E-state index in [1.54, 1.807) is 11.0 Å². The number of rotatable bonds is 9. The van der Waals surface area contributed by atoms with Crippen molar-refractivity contribution in [3.8, 4) is 0 Å². The second-order valence-corrected chi connectivity index (χ2v) is 12.5. The Morgan fingerprint density at radius 2 is 1.79 bits per heavy atom. The van der Waals surface area contributed by atoms with Crippen molar-refractivity contribution < 1.29 is 24.0 Å². The maximum absolute atomic E-state index is 14.0. The van der Waals surface area contributed by atoms with Crippen LogP contribution >= 0.6 is 0 Å². The van der Waals surface area contributed by atoms with Gasteiger partial charge < -0.3 is 20.5 Å². The van der Waals surface area contributed by atoms with Gasteiger partial charge in [0.2, 0.25) is 11.7 Å². The van der Waals surface area contributed by atoms with E-state index in [1.807, 2.05) is 54.6 Å². The standard InChI is InChI=1S/C33H36N4O5/c1-33(2)22-18-37(32(42)25-15-20-11-6-7-13-23(20)35-25)28(27(22)33)30(40)36-24(16-21-12-8-14-26(21)38)29(39)31(41)34-17-19-9-4-3-5-10-19/h3-7,9-11,13,15,21-22,24,27-28,35H,8,12,14,16-18H2,1-2H3,(H,34,41)(H,36,40)/t21-,22-,24?,27-,28-/m0/s1. The van der Waals surface area contributed by atoms with Crippen LogP contribution in [0.2, 0.25) is 0 Å². The smallest absolute Gasteiger partial charge is 0.289 e. The first-order chi connectivity index (χ1) is 20.1. The highest BCUT2D eigenvalue weighted by molar-refractivity contribution is 6.38. The van der Waals surface area contributed by atoms with E-state index < -0.39 is 29.7 Å². The third kappa shape index (κ3) is 5.12. The van der Waals surface area contributed by atoms with Gasteiger partial charge in [0.15, 0.2) is 0 Å². The van der Waals surface area contributed by atoms with Gasteiger partial charge in [-0.15, -0.1) is 0 Å². The number of Topliss-reactive ketones (excluding diaryl/α,β-unsaturated/α-hetero) is 2. The van der Waals surface area contributed by atoms with Crippen LogP contribution in [-0.2, 0) is 25.7 Å². The van der Waals surface area contributed by atoms with Crippen LogP contribution in [-0.4, -0.2) is 57.8 Å². The summed E-state index contributed by atoms with van der Waals surface area (Å²) in [5.41, 5.74) is 1.94. The van der Waals surface area contributed by atoms with Crippen LogP contribution in [0.3, 0.4) is 0 Å². The van der Waals surface area contributed by atoms with Crippen LogP contribution in [0.25, 0.3) is 10.9 Å². The van der Waals surface area contributed by atoms with Crippen LogP contribution < -0.4 is 10.6 Å². The van der Waals surface area contributed by atoms with Crippen molar-refractivity contribution in [3.63, 3.8) is 0 Å². The molecule has 2 heterocycles. The second-order valence-electron chi connectivity index (χ2n) is 12.5. The number of benzene rings is 2. The van der Waals surface area contributed by atoms with Gasteiger partial charge in [-0.2, -0.15) is 0 Å². The molecular formula is C33H36N4O5. The van der Waals surface area contributed by atoms with E-state index in [4.69, 9.17) is 0 Å². The fraction of sp³-hybridized carbons (Fsp3) is 0.424. The van der Waals surface area contributed by atoms with Gasteiger partial charge in [0, 0.05) is 36.3 Å². The van der Waals surface area contributed by atoms with Crippen molar-refractivity contribution >= 4 is 40.2 Å². The lowest BCUT2D eigenvalue weighted by molar-refractivity contribution is -0.141.